The third kappa shape index (κ3) is 4.28. The van der Waals surface area contributed by atoms with Crippen molar-refractivity contribution in [1.29, 1.82) is 0 Å². The van der Waals surface area contributed by atoms with Gasteiger partial charge in [-0.05, 0) is 24.1 Å². The molecule has 1 aromatic heterocycles. The number of aliphatic hydroxyl groups excluding tert-OH is 1. The molecule has 3 N–H and O–H groups in total. The van der Waals surface area contributed by atoms with Crippen molar-refractivity contribution in [3.8, 4) is 0 Å². The quantitative estimate of drug-likeness (QED) is 0.863. The molecule has 1 aliphatic rings. The van der Waals surface area contributed by atoms with Crippen molar-refractivity contribution < 1.29 is 14.3 Å². The van der Waals surface area contributed by atoms with Gasteiger partial charge >= 0.3 is 0 Å². The predicted octanol–water partition coefficient (Wildman–Crippen LogP) is 0.856. The minimum Gasteiger partial charge on any atom is -0.386 e. The first-order valence-corrected chi connectivity index (χ1v) is 5.86. The number of nitrogens with two attached hydrogens (primary N) is 1. The number of hydrogen-bond acceptors (Lipinski definition) is 4. The maximum atomic E-state index is 13.0. The first kappa shape index (κ1) is 19.1. The number of nitrogens with zero attached hydrogens (tertiary/aromatic N) is 2. The van der Waals surface area contributed by atoms with E-state index in [0.717, 1.165) is 0 Å². The van der Waals surface area contributed by atoms with Gasteiger partial charge < -0.3 is 15.7 Å². The summed E-state index contributed by atoms with van der Waals surface area (Å²) in [6.45, 7) is 0.423. The lowest BCUT2D eigenvalue weighted by molar-refractivity contribution is -0.134. The fourth-order valence-electron chi connectivity index (χ4n) is 2.03. The molecule has 1 aromatic rings. The van der Waals surface area contributed by atoms with E-state index >= 15 is 0 Å². The Labute approximate surface area is 129 Å². The van der Waals surface area contributed by atoms with Gasteiger partial charge in [0.25, 0.3) is 0 Å². The van der Waals surface area contributed by atoms with Crippen LogP contribution in [0.4, 0.5) is 4.39 Å². The molecule has 0 spiro atoms. The Bertz CT molecular complexity index is 424. The third-order valence-electron chi connectivity index (χ3n) is 3.12. The molecule has 0 saturated carbocycles. The number of aromatic nitrogens is 1. The number of rotatable bonds is 3. The van der Waals surface area contributed by atoms with Gasteiger partial charge in [0.1, 0.15) is 18.3 Å². The summed E-state index contributed by atoms with van der Waals surface area (Å²) in [7, 11) is 0. The van der Waals surface area contributed by atoms with Crippen LogP contribution in [0.25, 0.3) is 0 Å². The fraction of sp³-hybridized carbons (Fsp3) is 0.500. The average molecular weight is 326 g/mol. The number of carbonyl (C=O) groups excluding carboxylic acids is 1. The molecule has 1 saturated heterocycles. The van der Waals surface area contributed by atoms with Gasteiger partial charge in [-0.3, -0.25) is 9.78 Å². The van der Waals surface area contributed by atoms with E-state index in [0.29, 0.717) is 18.5 Å². The maximum Gasteiger partial charge on any atom is 0.242 e. The van der Waals surface area contributed by atoms with Gasteiger partial charge in [0.05, 0.1) is 6.54 Å². The van der Waals surface area contributed by atoms with Crippen LogP contribution in [0.15, 0.2) is 24.5 Å². The highest BCUT2D eigenvalue weighted by atomic mass is 35.5. The number of hydrogen-bond donors (Lipinski definition) is 2. The van der Waals surface area contributed by atoms with Crippen LogP contribution in [-0.2, 0) is 4.79 Å². The van der Waals surface area contributed by atoms with Gasteiger partial charge in [-0.1, -0.05) is 0 Å². The summed E-state index contributed by atoms with van der Waals surface area (Å²) in [5.41, 5.74) is 6.26. The Hall–Kier alpha value is -0.950. The summed E-state index contributed by atoms with van der Waals surface area (Å²) in [5, 5.41) is 9.99. The largest absolute Gasteiger partial charge is 0.386 e. The van der Waals surface area contributed by atoms with E-state index in [1.54, 1.807) is 12.1 Å². The third-order valence-corrected chi connectivity index (χ3v) is 3.12. The molecule has 5 nitrogen and oxygen atoms in total. The van der Waals surface area contributed by atoms with Gasteiger partial charge in [0, 0.05) is 18.9 Å². The van der Waals surface area contributed by atoms with Crippen LogP contribution in [0.3, 0.4) is 0 Å². The molecular weight excluding hydrogens is 308 g/mol. The normalized spacial score (nSPS) is 20.6. The van der Waals surface area contributed by atoms with Gasteiger partial charge in [-0.2, -0.15) is 0 Å². The molecule has 2 rings (SSSR count). The Morgan fingerprint density at radius 3 is 2.55 bits per heavy atom. The highest BCUT2D eigenvalue weighted by molar-refractivity contribution is 5.85. The van der Waals surface area contributed by atoms with E-state index in [9.17, 15) is 14.3 Å². The average Bonchev–Trinajstić information content (AvgIpc) is 2.84. The van der Waals surface area contributed by atoms with E-state index in [1.165, 1.54) is 17.3 Å². The standard InChI is InChI=1S/C12H16FN3O2.2ClH/c13-9-3-6-16(7-9)12(18)10(14)11(17)8-1-4-15-5-2-8;;/h1-2,4-5,9-11,17H,3,6-7,14H2;2*1H/t9-,10-,11+;;/m1../s1. The highest BCUT2D eigenvalue weighted by Gasteiger charge is 2.32. The molecule has 1 aliphatic heterocycles. The van der Waals surface area contributed by atoms with E-state index in [2.05, 4.69) is 4.98 Å². The lowest BCUT2D eigenvalue weighted by Crippen LogP contribution is -2.46. The van der Waals surface area contributed by atoms with Gasteiger partial charge in [0.2, 0.25) is 5.91 Å². The van der Waals surface area contributed by atoms with Crippen molar-refractivity contribution >= 4 is 30.7 Å². The summed E-state index contributed by atoms with van der Waals surface area (Å²) in [6, 6.07) is 2.12. The second kappa shape index (κ2) is 8.36. The van der Waals surface area contributed by atoms with Crippen molar-refractivity contribution in [1.82, 2.24) is 9.88 Å². The van der Waals surface area contributed by atoms with Crippen LogP contribution in [0, 0.1) is 0 Å². The molecule has 2 heterocycles. The molecule has 1 fully saturated rings. The summed E-state index contributed by atoms with van der Waals surface area (Å²) >= 11 is 0. The number of pyridine rings is 1. The zero-order chi connectivity index (χ0) is 13.1. The smallest absolute Gasteiger partial charge is 0.242 e. The zero-order valence-electron chi connectivity index (χ0n) is 10.7. The predicted molar refractivity (Wildman–Crippen MR) is 77.8 cm³/mol. The molecule has 3 atom stereocenters. The zero-order valence-corrected chi connectivity index (χ0v) is 12.3. The monoisotopic (exact) mass is 325 g/mol. The Kier molecular flexibility index (Phi) is 7.96. The Balaban J connectivity index is 0.00000180. The van der Waals surface area contributed by atoms with Crippen molar-refractivity contribution in [3.05, 3.63) is 30.1 Å². The van der Waals surface area contributed by atoms with Crippen molar-refractivity contribution in [2.75, 3.05) is 13.1 Å². The van der Waals surface area contributed by atoms with Gasteiger partial charge in [-0.15, -0.1) is 24.8 Å². The van der Waals surface area contributed by atoms with Crippen LogP contribution in [0.5, 0.6) is 0 Å². The number of halogens is 3. The summed E-state index contributed by atoms with van der Waals surface area (Å²) in [5.74, 6) is -0.417. The molecule has 0 bridgehead atoms. The number of alkyl halides is 1. The van der Waals surface area contributed by atoms with Crippen LogP contribution in [0.2, 0.25) is 0 Å². The number of amides is 1. The summed E-state index contributed by atoms with van der Waals surface area (Å²) in [6.07, 6.45) is 1.29. The molecule has 0 aromatic carbocycles. The number of carbonyl (C=O) groups is 1. The van der Waals surface area contributed by atoms with E-state index in [-0.39, 0.29) is 31.4 Å². The molecule has 0 aliphatic carbocycles. The number of likely N-dealkylation sites (tertiary alicyclic amines) is 1. The van der Waals surface area contributed by atoms with E-state index < -0.39 is 24.2 Å². The molecular formula is C12H18Cl2FN3O2. The molecule has 1 amide bonds. The van der Waals surface area contributed by atoms with Gasteiger partial charge in [0.15, 0.2) is 0 Å². The maximum absolute atomic E-state index is 13.0. The second-order valence-corrected chi connectivity index (χ2v) is 4.42. The molecule has 8 heteroatoms. The van der Waals surface area contributed by atoms with Crippen molar-refractivity contribution in [3.63, 3.8) is 0 Å². The first-order valence-electron chi connectivity index (χ1n) is 5.86. The van der Waals surface area contributed by atoms with Crippen LogP contribution in [-0.4, -0.2) is 46.2 Å². The highest BCUT2D eigenvalue weighted by Crippen LogP contribution is 2.19. The minimum absolute atomic E-state index is 0. The topological polar surface area (TPSA) is 79.5 Å². The fourth-order valence-corrected chi connectivity index (χ4v) is 2.03. The second-order valence-electron chi connectivity index (χ2n) is 4.42. The van der Waals surface area contributed by atoms with Crippen LogP contribution >= 0.6 is 24.8 Å². The Morgan fingerprint density at radius 2 is 2.05 bits per heavy atom. The minimum atomic E-state index is -1.10. The molecule has 114 valence electrons. The lowest BCUT2D eigenvalue weighted by Gasteiger charge is -2.23. The molecule has 0 unspecified atom stereocenters. The van der Waals surface area contributed by atoms with Gasteiger partial charge in [-0.25, -0.2) is 4.39 Å². The van der Waals surface area contributed by atoms with E-state index in [4.69, 9.17) is 5.73 Å². The summed E-state index contributed by atoms with van der Waals surface area (Å²) in [4.78, 5) is 17.1. The Morgan fingerprint density at radius 1 is 1.45 bits per heavy atom. The number of aliphatic hydroxyl groups is 1. The van der Waals surface area contributed by atoms with Crippen LogP contribution < -0.4 is 5.73 Å². The SMILES string of the molecule is Cl.Cl.N[C@@H](C(=O)N1CC[C@@H](F)C1)[C@@H](O)c1ccncc1. The molecule has 0 radical (unpaired) electrons. The van der Waals surface area contributed by atoms with Crippen LogP contribution in [0.1, 0.15) is 18.1 Å². The van der Waals surface area contributed by atoms with Crippen molar-refractivity contribution in [2.45, 2.75) is 24.7 Å². The van der Waals surface area contributed by atoms with Crippen molar-refractivity contribution in [2.24, 2.45) is 5.73 Å². The van der Waals surface area contributed by atoms with E-state index in [1.807, 2.05) is 0 Å². The lowest BCUT2D eigenvalue weighted by atomic mass is 10.0. The first-order chi connectivity index (χ1) is 8.59. The molecule has 20 heavy (non-hydrogen) atoms. The summed E-state index contributed by atoms with van der Waals surface area (Å²) < 4.78 is 13.0.